The fraction of sp³-hybridized carbons (Fsp3) is 0.500. The fourth-order valence-corrected chi connectivity index (χ4v) is 3.68. The number of benzene rings is 1. The number of likely N-dealkylation sites (tertiary alicyclic amines) is 1. The van der Waals surface area contributed by atoms with E-state index >= 15 is 0 Å². The van der Waals surface area contributed by atoms with Gasteiger partial charge < -0.3 is 15.5 Å². The van der Waals surface area contributed by atoms with Gasteiger partial charge in [-0.3, -0.25) is 4.79 Å². The van der Waals surface area contributed by atoms with Gasteiger partial charge in [-0.05, 0) is 60.8 Å². The first-order valence-corrected chi connectivity index (χ1v) is 9.26. The van der Waals surface area contributed by atoms with E-state index in [0.717, 1.165) is 14.6 Å². The summed E-state index contributed by atoms with van der Waals surface area (Å²) in [5.74, 6) is 0.0941. The second kappa shape index (κ2) is 8.15. The van der Waals surface area contributed by atoms with E-state index in [4.69, 9.17) is 0 Å². The molecule has 3 amide bonds. The Kier molecular flexibility index (Phi) is 6.47. The lowest BCUT2D eigenvalue weighted by atomic mass is 9.96. The molecule has 0 aliphatic carbocycles. The summed E-state index contributed by atoms with van der Waals surface area (Å²) in [6.07, 6.45) is 1.40. The molecule has 2 rings (SSSR count). The number of rotatable bonds is 3. The number of nitrogens with zero attached hydrogens (tertiary/aromatic N) is 1. The van der Waals surface area contributed by atoms with E-state index in [1.54, 1.807) is 4.90 Å². The molecule has 0 bridgehead atoms. The highest BCUT2D eigenvalue weighted by atomic mass is 79.9. The van der Waals surface area contributed by atoms with Crippen LogP contribution in [0.25, 0.3) is 0 Å². The van der Waals surface area contributed by atoms with Gasteiger partial charge in [-0.2, -0.15) is 0 Å². The molecule has 0 saturated carbocycles. The lowest BCUT2D eigenvalue weighted by Gasteiger charge is -2.31. The van der Waals surface area contributed by atoms with E-state index in [1.807, 2.05) is 32.0 Å². The molecule has 1 aromatic carbocycles. The maximum atomic E-state index is 12.3. The predicted molar refractivity (Wildman–Crippen MR) is 98.4 cm³/mol. The summed E-state index contributed by atoms with van der Waals surface area (Å²) in [5.41, 5.74) is 0.734. The number of piperidine rings is 1. The van der Waals surface area contributed by atoms with Gasteiger partial charge in [-0.15, -0.1) is 0 Å². The van der Waals surface area contributed by atoms with Gasteiger partial charge in [0.15, 0.2) is 0 Å². The zero-order valence-corrected chi connectivity index (χ0v) is 16.4. The minimum absolute atomic E-state index is 0.000803. The molecular weight excluding hydrogens is 426 g/mol. The number of hydrogen-bond donors (Lipinski definition) is 2. The van der Waals surface area contributed by atoms with Gasteiger partial charge in [0, 0.05) is 34.0 Å². The van der Waals surface area contributed by atoms with Crippen LogP contribution in [0.1, 0.15) is 26.7 Å². The van der Waals surface area contributed by atoms with Crippen molar-refractivity contribution < 1.29 is 9.59 Å². The Morgan fingerprint density at radius 3 is 2.43 bits per heavy atom. The summed E-state index contributed by atoms with van der Waals surface area (Å²) in [6.45, 7) is 5.10. The van der Waals surface area contributed by atoms with Crippen molar-refractivity contribution in [2.45, 2.75) is 32.7 Å². The van der Waals surface area contributed by atoms with Gasteiger partial charge in [-0.1, -0.05) is 15.9 Å². The molecule has 0 unspecified atom stereocenters. The van der Waals surface area contributed by atoms with Gasteiger partial charge in [0.1, 0.15) is 0 Å². The number of carbonyl (C=O) groups excluding carboxylic acids is 2. The summed E-state index contributed by atoms with van der Waals surface area (Å²) in [6, 6.07) is 5.63. The summed E-state index contributed by atoms with van der Waals surface area (Å²) >= 11 is 6.82. The highest BCUT2D eigenvalue weighted by molar-refractivity contribution is 9.11. The summed E-state index contributed by atoms with van der Waals surface area (Å²) in [7, 11) is 0. The van der Waals surface area contributed by atoms with Crippen LogP contribution >= 0.6 is 31.9 Å². The van der Waals surface area contributed by atoms with Crippen LogP contribution < -0.4 is 10.6 Å². The zero-order chi connectivity index (χ0) is 17.0. The van der Waals surface area contributed by atoms with Crippen molar-refractivity contribution in [3.63, 3.8) is 0 Å². The number of urea groups is 1. The molecule has 2 N–H and O–H groups in total. The Labute approximate surface area is 153 Å². The molecule has 1 heterocycles. The smallest absolute Gasteiger partial charge is 0.321 e. The van der Waals surface area contributed by atoms with Crippen molar-refractivity contribution in [3.8, 4) is 0 Å². The predicted octanol–water partition coefficient (Wildman–Crippen LogP) is 3.98. The quantitative estimate of drug-likeness (QED) is 0.737. The maximum absolute atomic E-state index is 12.3. The van der Waals surface area contributed by atoms with Crippen molar-refractivity contribution in [1.82, 2.24) is 10.2 Å². The second-order valence-corrected chi connectivity index (χ2v) is 7.75. The van der Waals surface area contributed by atoms with Crippen molar-refractivity contribution in [2.24, 2.45) is 5.92 Å². The van der Waals surface area contributed by atoms with E-state index in [1.165, 1.54) is 0 Å². The molecule has 0 spiro atoms. The third-order valence-corrected chi connectivity index (χ3v) is 4.91. The average Bonchev–Trinajstić information content (AvgIpc) is 2.49. The van der Waals surface area contributed by atoms with E-state index in [2.05, 4.69) is 42.5 Å². The van der Waals surface area contributed by atoms with Crippen LogP contribution in [0.2, 0.25) is 0 Å². The molecule has 126 valence electrons. The van der Waals surface area contributed by atoms with Crippen molar-refractivity contribution >= 4 is 49.5 Å². The van der Waals surface area contributed by atoms with Crippen LogP contribution in [0.4, 0.5) is 10.5 Å². The largest absolute Gasteiger partial charge is 0.354 e. The third kappa shape index (κ3) is 5.21. The van der Waals surface area contributed by atoms with Crippen molar-refractivity contribution in [3.05, 3.63) is 27.1 Å². The van der Waals surface area contributed by atoms with Crippen LogP contribution in [-0.4, -0.2) is 36.0 Å². The molecule has 1 aliphatic heterocycles. The highest BCUT2D eigenvalue weighted by Gasteiger charge is 2.27. The molecule has 7 heteroatoms. The monoisotopic (exact) mass is 445 g/mol. The molecule has 5 nitrogen and oxygen atoms in total. The zero-order valence-electron chi connectivity index (χ0n) is 13.2. The molecule has 1 saturated heterocycles. The van der Waals surface area contributed by atoms with Crippen molar-refractivity contribution in [2.75, 3.05) is 18.4 Å². The Bertz CT molecular complexity index is 585. The van der Waals surface area contributed by atoms with E-state index in [9.17, 15) is 9.59 Å². The first kappa shape index (κ1) is 18.3. The molecular formula is C16H21Br2N3O2. The van der Waals surface area contributed by atoms with Gasteiger partial charge in [-0.25, -0.2) is 4.79 Å². The molecule has 1 fully saturated rings. The Balaban J connectivity index is 1.87. The third-order valence-electron chi connectivity index (χ3n) is 3.76. The van der Waals surface area contributed by atoms with E-state index in [-0.39, 0.29) is 23.9 Å². The van der Waals surface area contributed by atoms with E-state index in [0.29, 0.717) is 25.9 Å². The SMILES string of the molecule is CC(C)NC(=O)C1CCN(C(=O)Nc2ccc(Br)cc2Br)CC1. The normalized spacial score (nSPS) is 15.6. The Morgan fingerprint density at radius 1 is 1.22 bits per heavy atom. The minimum atomic E-state index is -0.129. The molecule has 1 aliphatic rings. The van der Waals surface area contributed by atoms with Gasteiger partial charge in [0.2, 0.25) is 5.91 Å². The topological polar surface area (TPSA) is 61.4 Å². The highest BCUT2D eigenvalue weighted by Crippen LogP contribution is 2.27. The number of anilines is 1. The summed E-state index contributed by atoms with van der Waals surface area (Å²) in [5, 5.41) is 5.84. The molecule has 0 atom stereocenters. The molecule has 23 heavy (non-hydrogen) atoms. The lowest BCUT2D eigenvalue weighted by Crippen LogP contribution is -2.45. The summed E-state index contributed by atoms with van der Waals surface area (Å²) < 4.78 is 1.77. The van der Waals surface area contributed by atoms with Gasteiger partial charge in [0.25, 0.3) is 0 Å². The van der Waals surface area contributed by atoms with Gasteiger partial charge >= 0.3 is 6.03 Å². The van der Waals surface area contributed by atoms with Crippen LogP contribution in [0.5, 0.6) is 0 Å². The van der Waals surface area contributed by atoms with Crippen LogP contribution in [0, 0.1) is 5.92 Å². The molecule has 0 aromatic heterocycles. The number of carbonyl (C=O) groups is 2. The minimum Gasteiger partial charge on any atom is -0.354 e. The maximum Gasteiger partial charge on any atom is 0.321 e. The molecule has 0 radical (unpaired) electrons. The lowest BCUT2D eigenvalue weighted by molar-refractivity contribution is -0.126. The van der Waals surface area contributed by atoms with Crippen molar-refractivity contribution in [1.29, 1.82) is 0 Å². The number of nitrogens with one attached hydrogen (secondary N) is 2. The number of halogens is 2. The van der Waals surface area contributed by atoms with Crippen LogP contribution in [-0.2, 0) is 4.79 Å². The first-order valence-electron chi connectivity index (χ1n) is 7.68. The van der Waals surface area contributed by atoms with Crippen LogP contribution in [0.3, 0.4) is 0 Å². The van der Waals surface area contributed by atoms with Crippen LogP contribution in [0.15, 0.2) is 27.1 Å². The number of amides is 3. The second-order valence-electron chi connectivity index (χ2n) is 5.98. The van der Waals surface area contributed by atoms with E-state index < -0.39 is 0 Å². The summed E-state index contributed by atoms with van der Waals surface area (Å²) in [4.78, 5) is 26.1. The average molecular weight is 447 g/mol. The Morgan fingerprint density at radius 2 is 1.87 bits per heavy atom. The van der Waals surface area contributed by atoms with Gasteiger partial charge in [0.05, 0.1) is 5.69 Å². The molecule has 1 aromatic rings. The first-order chi connectivity index (χ1) is 10.9. The Hall–Kier alpha value is -1.08. The standard InChI is InChI=1S/C16H21Br2N3O2/c1-10(2)19-15(22)11-5-7-21(8-6-11)16(23)20-14-4-3-12(17)9-13(14)18/h3-4,9-11H,5-8H2,1-2H3,(H,19,22)(H,20,23). The number of hydrogen-bond acceptors (Lipinski definition) is 2. The fourth-order valence-electron chi connectivity index (χ4n) is 2.53.